The summed E-state index contributed by atoms with van der Waals surface area (Å²) in [6.45, 7) is 0.755. The smallest absolute Gasteiger partial charge is 0.257 e. The van der Waals surface area contributed by atoms with Gasteiger partial charge in [0.05, 0.1) is 6.54 Å². The van der Waals surface area contributed by atoms with Crippen LogP contribution in [0.4, 0.5) is 0 Å². The molecule has 0 saturated heterocycles. The van der Waals surface area contributed by atoms with E-state index in [0.29, 0.717) is 22.2 Å². The van der Waals surface area contributed by atoms with Crippen molar-refractivity contribution in [1.29, 1.82) is 0 Å². The van der Waals surface area contributed by atoms with E-state index in [-0.39, 0.29) is 5.91 Å². The van der Waals surface area contributed by atoms with Crippen LogP contribution in [-0.2, 0) is 0 Å². The van der Waals surface area contributed by atoms with Gasteiger partial charge in [-0.05, 0) is 30.3 Å². The van der Waals surface area contributed by atoms with Gasteiger partial charge >= 0.3 is 0 Å². The predicted molar refractivity (Wildman–Crippen MR) is 83.0 cm³/mol. The summed E-state index contributed by atoms with van der Waals surface area (Å²) in [5.41, 5.74) is 0.539. The molecule has 21 heavy (non-hydrogen) atoms. The average Bonchev–Trinajstić information content (AvgIpc) is 3.01. The number of carbonyl (C=O) groups excluding carboxylic acids is 1. The average molecular weight is 299 g/mol. The molecule has 0 fully saturated rings. The lowest BCUT2D eigenvalue weighted by Crippen LogP contribution is -2.27. The molecule has 1 amide bonds. The van der Waals surface area contributed by atoms with Crippen LogP contribution in [0.5, 0.6) is 11.5 Å². The molecule has 5 nitrogen and oxygen atoms in total. The van der Waals surface area contributed by atoms with Crippen LogP contribution in [-0.4, -0.2) is 28.4 Å². The van der Waals surface area contributed by atoms with Crippen molar-refractivity contribution in [2.24, 2.45) is 4.99 Å². The Hall–Kier alpha value is -2.34. The highest BCUT2D eigenvalue weighted by molar-refractivity contribution is 8.14. The highest BCUT2D eigenvalue weighted by Crippen LogP contribution is 2.21. The molecule has 0 atom stereocenters. The molecule has 0 aliphatic carbocycles. The molecular formula is C15H13N3O2S. The molecule has 0 bridgehead atoms. The van der Waals surface area contributed by atoms with Crippen molar-refractivity contribution in [2.75, 3.05) is 12.3 Å². The van der Waals surface area contributed by atoms with Crippen LogP contribution in [0.1, 0.15) is 10.4 Å². The van der Waals surface area contributed by atoms with E-state index in [4.69, 9.17) is 4.74 Å². The van der Waals surface area contributed by atoms with E-state index in [9.17, 15) is 4.79 Å². The molecule has 106 valence electrons. The molecule has 0 radical (unpaired) electrons. The number of hydrogen-bond acceptors (Lipinski definition) is 5. The monoisotopic (exact) mass is 299 g/mol. The van der Waals surface area contributed by atoms with Crippen molar-refractivity contribution in [1.82, 2.24) is 10.3 Å². The number of aromatic nitrogens is 1. The number of hydrogen-bond donors (Lipinski definition) is 1. The van der Waals surface area contributed by atoms with Crippen LogP contribution in [0, 0.1) is 0 Å². The first kappa shape index (κ1) is 13.6. The number of rotatable bonds is 3. The molecule has 1 aromatic heterocycles. The van der Waals surface area contributed by atoms with Gasteiger partial charge in [-0.25, -0.2) is 0 Å². The molecule has 6 heteroatoms. The summed E-state index contributed by atoms with van der Waals surface area (Å²) in [6, 6.07) is 10.6. The number of ether oxygens (including phenoxy) is 1. The Morgan fingerprint density at radius 2 is 2.05 bits per heavy atom. The van der Waals surface area contributed by atoms with E-state index in [1.54, 1.807) is 60.6 Å². The summed E-state index contributed by atoms with van der Waals surface area (Å²) in [5.74, 6) is 2.03. The molecule has 0 unspecified atom stereocenters. The maximum Gasteiger partial charge on any atom is 0.257 e. The van der Waals surface area contributed by atoms with E-state index in [1.807, 2.05) is 0 Å². The van der Waals surface area contributed by atoms with E-state index in [1.165, 1.54) is 0 Å². The van der Waals surface area contributed by atoms with Gasteiger partial charge in [-0.1, -0.05) is 17.8 Å². The summed E-state index contributed by atoms with van der Waals surface area (Å²) in [4.78, 5) is 20.3. The van der Waals surface area contributed by atoms with Gasteiger partial charge in [-0.3, -0.25) is 14.8 Å². The fraction of sp³-hybridized carbons (Fsp3) is 0.133. The van der Waals surface area contributed by atoms with Crippen LogP contribution < -0.4 is 10.1 Å². The Balaban J connectivity index is 1.72. The van der Waals surface area contributed by atoms with Gasteiger partial charge < -0.3 is 10.1 Å². The molecular weight excluding hydrogens is 286 g/mol. The summed E-state index contributed by atoms with van der Waals surface area (Å²) >= 11 is 1.55. The lowest BCUT2D eigenvalue weighted by Gasteiger charge is -2.08. The minimum atomic E-state index is -0.177. The maximum atomic E-state index is 12.1. The van der Waals surface area contributed by atoms with Crippen LogP contribution >= 0.6 is 11.8 Å². The van der Waals surface area contributed by atoms with E-state index >= 15 is 0 Å². The molecule has 2 aromatic rings. The third-order valence-corrected chi connectivity index (χ3v) is 3.68. The highest BCUT2D eigenvalue weighted by atomic mass is 32.2. The number of thioether (sulfide) groups is 1. The molecule has 0 spiro atoms. The fourth-order valence-corrected chi connectivity index (χ4v) is 2.55. The van der Waals surface area contributed by atoms with Crippen molar-refractivity contribution in [3.05, 3.63) is 54.4 Å². The van der Waals surface area contributed by atoms with Crippen LogP contribution in [0.2, 0.25) is 0 Å². The molecule has 0 saturated carbocycles. The molecule has 2 heterocycles. The quantitative estimate of drug-likeness (QED) is 0.946. The zero-order chi connectivity index (χ0) is 14.5. The number of aliphatic imine (C=N–C) groups is 1. The summed E-state index contributed by atoms with van der Waals surface area (Å²) in [7, 11) is 0. The van der Waals surface area contributed by atoms with Crippen LogP contribution in [0.15, 0.2) is 53.8 Å². The van der Waals surface area contributed by atoms with Crippen molar-refractivity contribution >= 4 is 22.8 Å². The molecule has 1 aromatic carbocycles. The number of amidine groups is 1. The van der Waals surface area contributed by atoms with E-state index in [2.05, 4.69) is 15.3 Å². The number of nitrogens with zero attached hydrogens (tertiary/aromatic N) is 2. The summed E-state index contributed by atoms with van der Waals surface area (Å²) in [5, 5.41) is 3.48. The predicted octanol–water partition coefficient (Wildman–Crippen LogP) is 2.71. The summed E-state index contributed by atoms with van der Waals surface area (Å²) < 4.78 is 5.68. The van der Waals surface area contributed by atoms with Gasteiger partial charge in [0.25, 0.3) is 5.91 Å². The molecule has 3 rings (SSSR count). The number of nitrogens with one attached hydrogen (secondary N) is 1. The standard InChI is InChI=1S/C15H13N3O2S/c19-14(18-15-17-8-9-21-15)11-2-1-3-13(10-11)20-12-4-6-16-7-5-12/h1-7,10H,8-9H2,(H,17,18,19). The Morgan fingerprint density at radius 1 is 1.19 bits per heavy atom. The highest BCUT2D eigenvalue weighted by Gasteiger charge is 2.13. The van der Waals surface area contributed by atoms with E-state index < -0.39 is 0 Å². The van der Waals surface area contributed by atoms with Crippen molar-refractivity contribution in [2.45, 2.75) is 0 Å². The van der Waals surface area contributed by atoms with Crippen molar-refractivity contribution in [3.63, 3.8) is 0 Å². The first-order valence-corrected chi connectivity index (χ1v) is 7.46. The molecule has 1 aliphatic rings. The first-order chi connectivity index (χ1) is 10.3. The zero-order valence-corrected chi connectivity index (χ0v) is 12.0. The zero-order valence-electron chi connectivity index (χ0n) is 11.2. The van der Waals surface area contributed by atoms with Gasteiger partial charge in [0.2, 0.25) is 0 Å². The molecule has 1 N–H and O–H groups in total. The normalized spacial score (nSPS) is 13.6. The second kappa shape index (κ2) is 6.41. The Labute approximate surface area is 126 Å². The molecule has 1 aliphatic heterocycles. The van der Waals surface area contributed by atoms with Gasteiger partial charge in [-0.2, -0.15) is 0 Å². The van der Waals surface area contributed by atoms with Crippen molar-refractivity contribution in [3.8, 4) is 11.5 Å². The van der Waals surface area contributed by atoms with Gasteiger partial charge in [0.1, 0.15) is 11.5 Å². The third kappa shape index (κ3) is 3.61. The number of carbonyl (C=O) groups is 1. The van der Waals surface area contributed by atoms with E-state index in [0.717, 1.165) is 12.3 Å². The second-order valence-electron chi connectivity index (χ2n) is 4.30. The number of pyridine rings is 1. The lowest BCUT2D eigenvalue weighted by atomic mass is 10.2. The maximum absolute atomic E-state index is 12.1. The largest absolute Gasteiger partial charge is 0.457 e. The summed E-state index contributed by atoms with van der Waals surface area (Å²) in [6.07, 6.45) is 3.31. The number of benzene rings is 1. The fourth-order valence-electron chi connectivity index (χ4n) is 1.82. The topological polar surface area (TPSA) is 63.6 Å². The van der Waals surface area contributed by atoms with Crippen LogP contribution in [0.25, 0.3) is 0 Å². The SMILES string of the molecule is O=C(NC1=NCCS1)c1cccc(Oc2ccncc2)c1. The Morgan fingerprint density at radius 3 is 2.81 bits per heavy atom. The van der Waals surface area contributed by atoms with Crippen LogP contribution in [0.3, 0.4) is 0 Å². The minimum Gasteiger partial charge on any atom is -0.457 e. The van der Waals surface area contributed by atoms with Gasteiger partial charge in [0.15, 0.2) is 5.17 Å². The van der Waals surface area contributed by atoms with Crippen molar-refractivity contribution < 1.29 is 9.53 Å². The lowest BCUT2D eigenvalue weighted by molar-refractivity contribution is 0.0977. The minimum absolute atomic E-state index is 0.177. The second-order valence-corrected chi connectivity index (χ2v) is 5.39. The third-order valence-electron chi connectivity index (χ3n) is 2.79. The Bertz CT molecular complexity index is 674. The Kier molecular flexibility index (Phi) is 4.16. The first-order valence-electron chi connectivity index (χ1n) is 6.48. The number of amides is 1. The van der Waals surface area contributed by atoms with Gasteiger partial charge in [-0.15, -0.1) is 0 Å². The van der Waals surface area contributed by atoms with Gasteiger partial charge in [0, 0.05) is 23.7 Å².